The van der Waals surface area contributed by atoms with Gasteiger partial charge in [-0.05, 0) is 29.7 Å². The number of aromatic nitrogens is 4. The quantitative estimate of drug-likeness (QED) is 0.580. The summed E-state index contributed by atoms with van der Waals surface area (Å²) in [5, 5.41) is 10.6. The summed E-state index contributed by atoms with van der Waals surface area (Å²) < 4.78 is 14.6. The van der Waals surface area contributed by atoms with Crippen molar-refractivity contribution < 1.29 is 9.18 Å². The molecule has 2 aromatic carbocycles. The molecule has 0 spiro atoms. The Morgan fingerprint density at radius 2 is 2.04 bits per heavy atom. The van der Waals surface area contributed by atoms with Gasteiger partial charge >= 0.3 is 0 Å². The Labute approximate surface area is 152 Å². The first kappa shape index (κ1) is 16.9. The zero-order chi connectivity index (χ0) is 19.0. The fourth-order valence-electron chi connectivity index (χ4n) is 3.01. The van der Waals surface area contributed by atoms with E-state index in [1.54, 1.807) is 0 Å². The van der Waals surface area contributed by atoms with E-state index in [9.17, 15) is 14.0 Å². The predicted octanol–water partition coefficient (Wildman–Crippen LogP) is 2.24. The van der Waals surface area contributed by atoms with Gasteiger partial charge in [-0.15, -0.1) is 5.10 Å². The van der Waals surface area contributed by atoms with E-state index < -0.39 is 17.3 Å². The lowest BCUT2D eigenvalue weighted by atomic mass is 10.0. The van der Waals surface area contributed by atoms with Gasteiger partial charge in [-0.2, -0.15) is 0 Å². The molecule has 2 N–H and O–H groups in total. The van der Waals surface area contributed by atoms with Crippen LogP contribution in [0.4, 0.5) is 4.39 Å². The highest BCUT2D eigenvalue weighted by Gasteiger charge is 2.20. The molecule has 0 saturated heterocycles. The Morgan fingerprint density at radius 1 is 1.26 bits per heavy atom. The van der Waals surface area contributed by atoms with Gasteiger partial charge in [0.15, 0.2) is 11.2 Å². The van der Waals surface area contributed by atoms with Gasteiger partial charge in [0.25, 0.3) is 11.5 Å². The Morgan fingerprint density at radius 3 is 2.81 bits per heavy atom. The number of aromatic amines is 1. The lowest BCUT2D eigenvalue weighted by Crippen LogP contribution is -2.29. The van der Waals surface area contributed by atoms with E-state index in [0.717, 1.165) is 5.56 Å². The third-order valence-corrected chi connectivity index (χ3v) is 4.47. The van der Waals surface area contributed by atoms with Crippen molar-refractivity contribution in [1.82, 2.24) is 25.1 Å². The van der Waals surface area contributed by atoms with Crippen molar-refractivity contribution in [1.29, 1.82) is 0 Å². The molecular weight excluding hydrogens is 349 g/mol. The largest absolute Gasteiger partial charge is 0.350 e. The van der Waals surface area contributed by atoms with Crippen LogP contribution in [0.3, 0.4) is 0 Å². The second-order valence-corrected chi connectivity index (χ2v) is 6.34. The number of halogens is 1. The first-order valence-electron chi connectivity index (χ1n) is 8.44. The Hall–Kier alpha value is -3.55. The van der Waals surface area contributed by atoms with Crippen molar-refractivity contribution in [2.75, 3.05) is 6.54 Å². The van der Waals surface area contributed by atoms with Gasteiger partial charge in [0.05, 0.1) is 11.0 Å². The molecular formula is C19H16FN5O2. The molecule has 7 nitrogen and oxygen atoms in total. The summed E-state index contributed by atoms with van der Waals surface area (Å²) in [5.74, 6) is -0.871. The Kier molecular flexibility index (Phi) is 4.15. The minimum atomic E-state index is -0.556. The molecule has 8 heteroatoms. The molecule has 1 atom stereocenters. The first-order valence-corrected chi connectivity index (χ1v) is 8.44. The highest BCUT2D eigenvalue weighted by molar-refractivity contribution is 5.99. The van der Waals surface area contributed by atoms with Gasteiger partial charge in [-0.1, -0.05) is 42.5 Å². The van der Waals surface area contributed by atoms with Gasteiger partial charge in [0.2, 0.25) is 0 Å². The number of H-pyrrole nitrogens is 1. The van der Waals surface area contributed by atoms with Crippen LogP contribution in [-0.4, -0.2) is 32.3 Å². The zero-order valence-corrected chi connectivity index (χ0v) is 14.4. The number of hydrogen-bond acceptors (Lipinski definition) is 4. The normalized spacial score (nSPS) is 12.4. The SMILES string of the molecule is C[C@@H](CNC(=O)c1nnn2c1c(=O)[nH]c1cc(F)ccc12)c1ccccc1. The fraction of sp³-hybridized carbons (Fsp3) is 0.158. The number of rotatable bonds is 4. The molecule has 0 fully saturated rings. The second kappa shape index (κ2) is 6.64. The molecule has 27 heavy (non-hydrogen) atoms. The Bertz CT molecular complexity index is 1200. The molecule has 0 aliphatic rings. The van der Waals surface area contributed by atoms with E-state index in [4.69, 9.17) is 0 Å². The van der Waals surface area contributed by atoms with Crippen LogP contribution in [-0.2, 0) is 0 Å². The third-order valence-electron chi connectivity index (χ3n) is 4.47. The van der Waals surface area contributed by atoms with Crippen LogP contribution in [0.2, 0.25) is 0 Å². The number of fused-ring (bicyclic) bond motifs is 3. The molecule has 0 aliphatic heterocycles. The molecule has 0 saturated carbocycles. The summed E-state index contributed by atoms with van der Waals surface area (Å²) in [5.41, 5.74) is 1.23. The molecule has 4 aromatic rings. The maximum absolute atomic E-state index is 13.4. The minimum Gasteiger partial charge on any atom is -0.350 e. The molecule has 1 amide bonds. The first-order chi connectivity index (χ1) is 13.0. The van der Waals surface area contributed by atoms with Crippen LogP contribution in [0.5, 0.6) is 0 Å². The summed E-state index contributed by atoms with van der Waals surface area (Å²) in [7, 11) is 0. The van der Waals surface area contributed by atoms with Crippen molar-refractivity contribution in [2.24, 2.45) is 0 Å². The number of nitrogens with zero attached hydrogens (tertiary/aromatic N) is 3. The number of hydrogen-bond donors (Lipinski definition) is 2. The lowest BCUT2D eigenvalue weighted by molar-refractivity contribution is 0.0948. The van der Waals surface area contributed by atoms with Crippen molar-refractivity contribution in [3.63, 3.8) is 0 Å². The van der Waals surface area contributed by atoms with Crippen molar-refractivity contribution >= 4 is 22.5 Å². The highest BCUT2D eigenvalue weighted by atomic mass is 19.1. The van der Waals surface area contributed by atoms with Crippen LogP contribution in [0, 0.1) is 5.82 Å². The molecule has 0 aliphatic carbocycles. The molecule has 0 bridgehead atoms. The molecule has 2 heterocycles. The maximum atomic E-state index is 13.4. The van der Waals surface area contributed by atoms with Crippen molar-refractivity contribution in [2.45, 2.75) is 12.8 Å². The van der Waals surface area contributed by atoms with Crippen LogP contribution in [0.25, 0.3) is 16.6 Å². The molecule has 0 radical (unpaired) electrons. The van der Waals surface area contributed by atoms with E-state index in [0.29, 0.717) is 12.1 Å². The molecule has 2 aromatic heterocycles. The third kappa shape index (κ3) is 3.05. The summed E-state index contributed by atoms with van der Waals surface area (Å²) in [4.78, 5) is 27.5. The fourth-order valence-corrected chi connectivity index (χ4v) is 3.01. The molecule has 4 rings (SSSR count). The standard InChI is InChI=1S/C19H16FN5O2/c1-11(12-5-3-2-4-6-12)10-21-18(26)16-17-19(27)22-14-9-13(20)7-8-15(14)25(17)24-23-16/h2-9,11H,10H2,1H3,(H,21,26)(H,22,27)/t11-/m0/s1. The monoisotopic (exact) mass is 365 g/mol. The smallest absolute Gasteiger partial charge is 0.277 e. The Balaban J connectivity index is 1.65. The van der Waals surface area contributed by atoms with Crippen LogP contribution >= 0.6 is 0 Å². The minimum absolute atomic E-state index is 0.0268. The van der Waals surface area contributed by atoms with E-state index in [1.165, 1.54) is 22.7 Å². The summed E-state index contributed by atoms with van der Waals surface area (Å²) in [6, 6.07) is 13.7. The number of amides is 1. The number of benzene rings is 2. The van der Waals surface area contributed by atoms with Gasteiger partial charge in [-0.3, -0.25) is 9.59 Å². The number of carbonyl (C=O) groups excluding carboxylic acids is 1. The highest BCUT2D eigenvalue weighted by Crippen LogP contribution is 2.15. The van der Waals surface area contributed by atoms with E-state index in [-0.39, 0.29) is 22.6 Å². The topological polar surface area (TPSA) is 92.2 Å². The van der Waals surface area contributed by atoms with E-state index >= 15 is 0 Å². The van der Waals surface area contributed by atoms with Crippen molar-refractivity contribution in [3.8, 4) is 0 Å². The lowest BCUT2D eigenvalue weighted by Gasteiger charge is -2.12. The van der Waals surface area contributed by atoms with Gasteiger partial charge in [-0.25, -0.2) is 8.91 Å². The molecule has 136 valence electrons. The van der Waals surface area contributed by atoms with Crippen LogP contribution in [0.1, 0.15) is 28.9 Å². The predicted molar refractivity (Wildman–Crippen MR) is 98.3 cm³/mol. The average molecular weight is 365 g/mol. The number of nitrogens with one attached hydrogen (secondary N) is 2. The van der Waals surface area contributed by atoms with Crippen LogP contribution in [0.15, 0.2) is 53.3 Å². The molecule has 0 unspecified atom stereocenters. The van der Waals surface area contributed by atoms with Gasteiger partial charge < -0.3 is 10.3 Å². The van der Waals surface area contributed by atoms with Crippen molar-refractivity contribution in [3.05, 3.63) is 76.0 Å². The van der Waals surface area contributed by atoms with E-state index in [2.05, 4.69) is 20.6 Å². The van der Waals surface area contributed by atoms with Gasteiger partial charge in [0.1, 0.15) is 5.82 Å². The average Bonchev–Trinajstić information content (AvgIpc) is 3.12. The zero-order valence-electron chi connectivity index (χ0n) is 14.4. The maximum Gasteiger partial charge on any atom is 0.277 e. The summed E-state index contributed by atoms with van der Waals surface area (Å²) in [6.45, 7) is 2.38. The summed E-state index contributed by atoms with van der Waals surface area (Å²) >= 11 is 0. The van der Waals surface area contributed by atoms with Crippen LogP contribution < -0.4 is 10.9 Å². The number of carbonyl (C=O) groups is 1. The second-order valence-electron chi connectivity index (χ2n) is 6.34. The van der Waals surface area contributed by atoms with Gasteiger partial charge in [0, 0.05) is 6.54 Å². The summed E-state index contributed by atoms with van der Waals surface area (Å²) in [6.07, 6.45) is 0. The van der Waals surface area contributed by atoms with E-state index in [1.807, 2.05) is 37.3 Å².